The maximum atomic E-state index is 12.3. The number of carbonyl (C=O) groups is 2. The molecule has 2 N–H and O–H groups in total. The molecule has 2 aliphatic rings. The lowest BCUT2D eigenvalue weighted by atomic mass is 9.97. The monoisotopic (exact) mass is 297 g/mol. The average Bonchev–Trinajstić information content (AvgIpc) is 2.89. The molecule has 1 aliphatic heterocycles. The van der Waals surface area contributed by atoms with Crippen molar-refractivity contribution in [3.8, 4) is 0 Å². The first-order valence-corrected chi connectivity index (χ1v) is 7.91. The molecule has 0 bridgehead atoms. The fraction of sp³-hybridized carbons (Fsp3) is 0.867. The lowest BCUT2D eigenvalue weighted by Crippen LogP contribution is -2.49. The van der Waals surface area contributed by atoms with Gasteiger partial charge in [0.1, 0.15) is 0 Å². The van der Waals surface area contributed by atoms with Crippen molar-refractivity contribution in [1.82, 2.24) is 15.1 Å². The molecule has 21 heavy (non-hydrogen) atoms. The zero-order chi connectivity index (χ0) is 15.4. The van der Waals surface area contributed by atoms with Crippen LogP contribution in [0.15, 0.2) is 0 Å². The second-order valence-electron chi connectivity index (χ2n) is 6.47. The van der Waals surface area contributed by atoms with Gasteiger partial charge in [-0.1, -0.05) is 6.42 Å². The van der Waals surface area contributed by atoms with Gasteiger partial charge in [0.25, 0.3) is 0 Å². The summed E-state index contributed by atoms with van der Waals surface area (Å²) in [7, 11) is 3.46. The Balaban J connectivity index is 1.80. The predicted molar refractivity (Wildman–Crippen MR) is 79.7 cm³/mol. The lowest BCUT2D eigenvalue weighted by molar-refractivity contribution is -0.126. The van der Waals surface area contributed by atoms with E-state index in [-0.39, 0.29) is 29.9 Å². The Hall–Kier alpha value is -1.30. The first kappa shape index (κ1) is 16.1. The molecular weight excluding hydrogens is 270 g/mol. The summed E-state index contributed by atoms with van der Waals surface area (Å²) in [5, 5.41) is 12.7. The number of amides is 3. The van der Waals surface area contributed by atoms with Crippen LogP contribution in [0, 0.1) is 11.8 Å². The van der Waals surface area contributed by atoms with Crippen LogP contribution in [0.1, 0.15) is 32.1 Å². The molecule has 3 amide bonds. The molecule has 3 unspecified atom stereocenters. The summed E-state index contributed by atoms with van der Waals surface area (Å²) < 4.78 is 0. The van der Waals surface area contributed by atoms with E-state index >= 15 is 0 Å². The van der Waals surface area contributed by atoms with Gasteiger partial charge in [-0.25, -0.2) is 4.79 Å². The van der Waals surface area contributed by atoms with E-state index in [1.807, 2.05) is 0 Å². The van der Waals surface area contributed by atoms with Gasteiger partial charge < -0.3 is 20.2 Å². The normalized spacial score (nSPS) is 29.3. The molecule has 6 heteroatoms. The number of hydrogen-bond donors (Lipinski definition) is 2. The van der Waals surface area contributed by atoms with E-state index in [0.29, 0.717) is 13.1 Å². The minimum atomic E-state index is -0.275. The fourth-order valence-corrected chi connectivity index (χ4v) is 3.28. The molecule has 1 aliphatic carbocycles. The maximum Gasteiger partial charge on any atom is 0.319 e. The van der Waals surface area contributed by atoms with Crippen molar-refractivity contribution in [1.29, 1.82) is 0 Å². The summed E-state index contributed by atoms with van der Waals surface area (Å²) in [6, 6.07) is -0.0290. The summed E-state index contributed by atoms with van der Waals surface area (Å²) in [5.41, 5.74) is 0. The van der Waals surface area contributed by atoms with Crippen molar-refractivity contribution in [2.75, 3.05) is 33.7 Å². The summed E-state index contributed by atoms with van der Waals surface area (Å²) in [6.45, 7) is 1.77. The predicted octanol–water partition coefficient (Wildman–Crippen LogP) is 0.657. The molecule has 0 aromatic rings. The van der Waals surface area contributed by atoms with E-state index in [2.05, 4.69) is 5.32 Å². The third kappa shape index (κ3) is 4.09. The van der Waals surface area contributed by atoms with Gasteiger partial charge in [-0.15, -0.1) is 0 Å². The third-order valence-corrected chi connectivity index (χ3v) is 4.60. The zero-order valence-electron chi connectivity index (χ0n) is 13.0. The number of nitrogens with one attached hydrogen (secondary N) is 1. The van der Waals surface area contributed by atoms with Crippen molar-refractivity contribution in [3.63, 3.8) is 0 Å². The van der Waals surface area contributed by atoms with E-state index in [9.17, 15) is 14.7 Å². The summed E-state index contributed by atoms with van der Waals surface area (Å²) in [5.74, 6) is 0.0867. The van der Waals surface area contributed by atoms with Crippen LogP contribution in [-0.4, -0.2) is 66.7 Å². The van der Waals surface area contributed by atoms with Crippen LogP contribution in [0.2, 0.25) is 0 Å². The molecule has 0 radical (unpaired) electrons. The molecule has 1 saturated heterocycles. The molecule has 0 aromatic heterocycles. The highest BCUT2D eigenvalue weighted by Crippen LogP contribution is 2.25. The van der Waals surface area contributed by atoms with Crippen molar-refractivity contribution < 1.29 is 14.7 Å². The van der Waals surface area contributed by atoms with Crippen LogP contribution in [0.25, 0.3) is 0 Å². The standard InChI is InChI=1S/C15H27N3O3/c1-17(2)15(21)18-8-4-6-12(10-18)14(20)16-9-11-5-3-7-13(11)19/h11-13,19H,3-10H2,1-2H3,(H,16,20). The number of aliphatic hydroxyl groups is 1. The van der Waals surface area contributed by atoms with E-state index in [1.54, 1.807) is 23.9 Å². The Kier molecular flexibility index (Phi) is 5.45. The number of nitrogens with zero attached hydrogens (tertiary/aromatic N) is 2. The summed E-state index contributed by atoms with van der Waals surface area (Å²) in [6.07, 6.45) is 4.28. The molecule has 3 atom stereocenters. The highest BCUT2D eigenvalue weighted by molar-refractivity contribution is 5.80. The number of likely N-dealkylation sites (tertiary alicyclic amines) is 1. The number of piperidine rings is 1. The molecule has 2 rings (SSSR count). The van der Waals surface area contributed by atoms with Gasteiger partial charge in [-0.2, -0.15) is 0 Å². The largest absolute Gasteiger partial charge is 0.393 e. The van der Waals surface area contributed by atoms with Gasteiger partial charge in [-0.05, 0) is 25.7 Å². The van der Waals surface area contributed by atoms with E-state index < -0.39 is 0 Å². The van der Waals surface area contributed by atoms with Gasteiger partial charge in [0.05, 0.1) is 12.0 Å². The highest BCUT2D eigenvalue weighted by Gasteiger charge is 2.30. The minimum absolute atomic E-state index is 0.0188. The third-order valence-electron chi connectivity index (χ3n) is 4.60. The van der Waals surface area contributed by atoms with E-state index in [4.69, 9.17) is 0 Å². The SMILES string of the molecule is CN(C)C(=O)N1CCCC(C(=O)NCC2CCCC2O)C1. The highest BCUT2D eigenvalue weighted by atomic mass is 16.3. The van der Waals surface area contributed by atoms with Crippen molar-refractivity contribution in [2.45, 2.75) is 38.2 Å². The van der Waals surface area contributed by atoms with Crippen molar-refractivity contribution >= 4 is 11.9 Å². The number of aliphatic hydroxyl groups excluding tert-OH is 1. The summed E-state index contributed by atoms with van der Waals surface area (Å²) in [4.78, 5) is 27.5. The lowest BCUT2D eigenvalue weighted by Gasteiger charge is -2.33. The second-order valence-corrected chi connectivity index (χ2v) is 6.47. The van der Waals surface area contributed by atoms with Gasteiger partial charge in [0, 0.05) is 39.6 Å². The number of urea groups is 1. The Morgan fingerprint density at radius 1 is 1.24 bits per heavy atom. The Morgan fingerprint density at radius 2 is 2.00 bits per heavy atom. The van der Waals surface area contributed by atoms with Crippen LogP contribution in [0.3, 0.4) is 0 Å². The smallest absolute Gasteiger partial charge is 0.319 e. The number of hydrogen-bond acceptors (Lipinski definition) is 3. The molecule has 120 valence electrons. The first-order valence-electron chi connectivity index (χ1n) is 7.91. The Morgan fingerprint density at radius 3 is 2.62 bits per heavy atom. The van der Waals surface area contributed by atoms with Gasteiger partial charge in [0.2, 0.25) is 5.91 Å². The fourth-order valence-electron chi connectivity index (χ4n) is 3.28. The van der Waals surface area contributed by atoms with Crippen molar-refractivity contribution in [2.24, 2.45) is 11.8 Å². The quantitative estimate of drug-likeness (QED) is 0.803. The van der Waals surface area contributed by atoms with Crippen LogP contribution in [0.4, 0.5) is 4.79 Å². The van der Waals surface area contributed by atoms with Gasteiger partial charge in [-0.3, -0.25) is 4.79 Å². The Bertz CT molecular complexity index is 386. The zero-order valence-corrected chi connectivity index (χ0v) is 13.0. The van der Waals surface area contributed by atoms with E-state index in [1.165, 1.54) is 0 Å². The molecular formula is C15H27N3O3. The summed E-state index contributed by atoms with van der Waals surface area (Å²) >= 11 is 0. The van der Waals surface area contributed by atoms with Crippen molar-refractivity contribution in [3.05, 3.63) is 0 Å². The second kappa shape index (κ2) is 7.11. The molecule has 1 heterocycles. The molecule has 6 nitrogen and oxygen atoms in total. The van der Waals surface area contributed by atoms with Gasteiger partial charge >= 0.3 is 6.03 Å². The number of rotatable bonds is 3. The topological polar surface area (TPSA) is 72.9 Å². The van der Waals surface area contributed by atoms with Crippen LogP contribution < -0.4 is 5.32 Å². The molecule has 0 spiro atoms. The van der Waals surface area contributed by atoms with Crippen LogP contribution in [0.5, 0.6) is 0 Å². The molecule has 0 aromatic carbocycles. The first-order chi connectivity index (χ1) is 9.99. The Labute approximate surface area is 126 Å². The number of carbonyl (C=O) groups excluding carboxylic acids is 2. The maximum absolute atomic E-state index is 12.3. The molecule has 1 saturated carbocycles. The molecule has 2 fully saturated rings. The minimum Gasteiger partial charge on any atom is -0.393 e. The average molecular weight is 297 g/mol. The van der Waals surface area contributed by atoms with E-state index in [0.717, 1.165) is 38.6 Å². The van der Waals surface area contributed by atoms with Crippen LogP contribution in [-0.2, 0) is 4.79 Å². The van der Waals surface area contributed by atoms with Crippen LogP contribution >= 0.6 is 0 Å². The van der Waals surface area contributed by atoms with Gasteiger partial charge in [0.15, 0.2) is 0 Å².